The zero-order valence-electron chi connectivity index (χ0n) is 24.2. The summed E-state index contributed by atoms with van der Waals surface area (Å²) in [5, 5.41) is 0. The normalized spacial score (nSPS) is 13.3. The SMILES string of the molecule is CCCCC(=O)OCC[C@@](N)(Cc1ccc(OC(=O)CC(C)(C)C)c(OC(=O)CC(C)(C)C)c1)C(=O)OC. The molecule has 0 spiro atoms. The number of hydrogen-bond donors (Lipinski definition) is 1. The van der Waals surface area contributed by atoms with Gasteiger partial charge in [-0.15, -0.1) is 0 Å². The highest BCUT2D eigenvalue weighted by Gasteiger charge is 2.36. The number of nitrogens with two attached hydrogens (primary N) is 1. The molecular formula is C29H45NO8. The van der Waals surface area contributed by atoms with Gasteiger partial charge in [0.25, 0.3) is 0 Å². The summed E-state index contributed by atoms with van der Waals surface area (Å²) < 4.78 is 21.3. The Kier molecular flexibility index (Phi) is 12.4. The Morgan fingerprint density at radius 3 is 1.89 bits per heavy atom. The lowest BCUT2D eigenvalue weighted by molar-refractivity contribution is -0.151. The molecule has 0 radical (unpaired) electrons. The van der Waals surface area contributed by atoms with Crippen LogP contribution >= 0.6 is 0 Å². The summed E-state index contributed by atoms with van der Waals surface area (Å²) in [6.07, 6.45) is 2.21. The molecule has 1 aromatic rings. The van der Waals surface area contributed by atoms with E-state index in [1.807, 2.05) is 48.5 Å². The van der Waals surface area contributed by atoms with Crippen molar-refractivity contribution >= 4 is 23.9 Å². The molecule has 0 unspecified atom stereocenters. The average molecular weight is 536 g/mol. The van der Waals surface area contributed by atoms with Gasteiger partial charge in [-0.3, -0.25) is 19.2 Å². The van der Waals surface area contributed by atoms with E-state index >= 15 is 0 Å². The van der Waals surface area contributed by atoms with Gasteiger partial charge in [0.1, 0.15) is 5.54 Å². The van der Waals surface area contributed by atoms with Crippen molar-refractivity contribution in [2.24, 2.45) is 16.6 Å². The van der Waals surface area contributed by atoms with Gasteiger partial charge in [0.2, 0.25) is 0 Å². The molecule has 0 heterocycles. The van der Waals surface area contributed by atoms with Gasteiger partial charge in [-0.25, -0.2) is 0 Å². The third kappa shape index (κ3) is 12.5. The lowest BCUT2D eigenvalue weighted by atomic mass is 9.88. The second-order valence-corrected chi connectivity index (χ2v) is 12.1. The van der Waals surface area contributed by atoms with E-state index in [9.17, 15) is 19.2 Å². The molecule has 9 heteroatoms. The zero-order valence-corrected chi connectivity index (χ0v) is 24.2. The molecule has 0 amide bonds. The molecule has 0 aliphatic carbocycles. The molecule has 9 nitrogen and oxygen atoms in total. The van der Waals surface area contributed by atoms with E-state index in [0.717, 1.165) is 6.42 Å². The summed E-state index contributed by atoms with van der Waals surface area (Å²) in [6, 6.07) is 4.68. The first-order chi connectivity index (χ1) is 17.5. The monoisotopic (exact) mass is 535 g/mol. The molecule has 1 rings (SSSR count). The van der Waals surface area contributed by atoms with Gasteiger partial charge < -0.3 is 24.7 Å². The lowest BCUT2D eigenvalue weighted by Gasteiger charge is -2.27. The Labute approximate surface area is 226 Å². The highest BCUT2D eigenvalue weighted by Crippen LogP contribution is 2.33. The maximum atomic E-state index is 12.6. The van der Waals surface area contributed by atoms with Crippen molar-refractivity contribution in [1.82, 2.24) is 0 Å². The van der Waals surface area contributed by atoms with Crippen LogP contribution in [-0.4, -0.2) is 43.1 Å². The second-order valence-electron chi connectivity index (χ2n) is 12.1. The van der Waals surface area contributed by atoms with E-state index in [4.69, 9.17) is 24.7 Å². The Balaban J connectivity index is 3.20. The highest BCUT2D eigenvalue weighted by atomic mass is 16.6. The van der Waals surface area contributed by atoms with Gasteiger partial charge in [0, 0.05) is 19.3 Å². The van der Waals surface area contributed by atoms with Crippen molar-refractivity contribution in [1.29, 1.82) is 0 Å². The fourth-order valence-electron chi connectivity index (χ4n) is 3.58. The van der Waals surface area contributed by atoms with E-state index < -0.39 is 23.4 Å². The Morgan fingerprint density at radius 2 is 1.39 bits per heavy atom. The molecule has 2 N–H and O–H groups in total. The molecule has 0 aliphatic heterocycles. The standard InChI is InChI=1S/C29H45NO8/c1-9-10-11-23(31)36-15-14-29(30,26(34)35-8)17-20-12-13-21(37-24(32)18-27(2,3)4)22(16-20)38-25(33)19-28(5,6)7/h12-13,16H,9-11,14-15,17-19,30H2,1-8H3/t29-/m1/s1. The third-order valence-electron chi connectivity index (χ3n) is 5.46. The Bertz CT molecular complexity index is 974. The van der Waals surface area contributed by atoms with Crippen molar-refractivity contribution in [3.05, 3.63) is 23.8 Å². The van der Waals surface area contributed by atoms with Crippen LogP contribution in [0.4, 0.5) is 0 Å². The van der Waals surface area contributed by atoms with Crippen LogP contribution in [0.2, 0.25) is 0 Å². The molecule has 0 aliphatic rings. The van der Waals surface area contributed by atoms with Crippen LogP contribution in [-0.2, 0) is 35.1 Å². The van der Waals surface area contributed by atoms with Crippen LogP contribution in [0, 0.1) is 10.8 Å². The molecule has 1 atom stereocenters. The number of hydrogen-bond acceptors (Lipinski definition) is 9. The molecule has 1 aromatic carbocycles. The Hall–Kier alpha value is -2.94. The highest BCUT2D eigenvalue weighted by molar-refractivity contribution is 5.81. The van der Waals surface area contributed by atoms with Gasteiger partial charge in [0.15, 0.2) is 11.5 Å². The summed E-state index contributed by atoms with van der Waals surface area (Å²) in [7, 11) is 1.23. The summed E-state index contributed by atoms with van der Waals surface area (Å²) in [5.41, 5.74) is 4.87. The minimum Gasteiger partial charge on any atom is -0.468 e. The number of methoxy groups -OCH3 is 1. The van der Waals surface area contributed by atoms with Crippen LogP contribution in [0.1, 0.15) is 92.6 Å². The molecule has 0 bridgehead atoms. The van der Waals surface area contributed by atoms with Crippen molar-refractivity contribution in [3.63, 3.8) is 0 Å². The first-order valence-corrected chi connectivity index (χ1v) is 13.1. The molecular weight excluding hydrogens is 490 g/mol. The quantitative estimate of drug-likeness (QED) is 0.276. The van der Waals surface area contributed by atoms with Gasteiger partial charge in [-0.1, -0.05) is 61.0 Å². The number of carbonyl (C=O) groups excluding carboxylic acids is 4. The smallest absolute Gasteiger partial charge is 0.326 e. The zero-order chi connectivity index (χ0) is 29.1. The lowest BCUT2D eigenvalue weighted by Crippen LogP contribution is -2.51. The van der Waals surface area contributed by atoms with Crippen LogP contribution in [0.25, 0.3) is 0 Å². The van der Waals surface area contributed by atoms with E-state index in [1.165, 1.54) is 19.2 Å². The summed E-state index contributed by atoms with van der Waals surface area (Å²) in [6.45, 7) is 13.4. The van der Waals surface area contributed by atoms with Crippen LogP contribution in [0.15, 0.2) is 18.2 Å². The van der Waals surface area contributed by atoms with Crippen LogP contribution in [0.5, 0.6) is 11.5 Å². The van der Waals surface area contributed by atoms with E-state index in [2.05, 4.69) is 0 Å². The number of rotatable bonds is 13. The van der Waals surface area contributed by atoms with Crippen molar-refractivity contribution in [2.45, 2.75) is 99.0 Å². The molecule has 0 saturated heterocycles. The van der Waals surface area contributed by atoms with Crippen molar-refractivity contribution < 1.29 is 38.1 Å². The summed E-state index contributed by atoms with van der Waals surface area (Å²) >= 11 is 0. The number of esters is 4. The Morgan fingerprint density at radius 1 is 0.842 bits per heavy atom. The number of ether oxygens (including phenoxy) is 4. The van der Waals surface area contributed by atoms with Gasteiger partial charge in [0.05, 0.1) is 26.6 Å². The number of carbonyl (C=O) groups is 4. The molecule has 0 fully saturated rings. The number of benzene rings is 1. The average Bonchev–Trinajstić information content (AvgIpc) is 2.76. The fraction of sp³-hybridized carbons (Fsp3) is 0.655. The molecule has 38 heavy (non-hydrogen) atoms. The van der Waals surface area contributed by atoms with Crippen molar-refractivity contribution in [2.75, 3.05) is 13.7 Å². The minimum absolute atomic E-state index is 0.00617. The van der Waals surface area contributed by atoms with Crippen molar-refractivity contribution in [3.8, 4) is 11.5 Å². The summed E-state index contributed by atoms with van der Waals surface area (Å²) in [5.74, 6) is -1.84. The largest absolute Gasteiger partial charge is 0.468 e. The van der Waals surface area contributed by atoms with E-state index in [0.29, 0.717) is 18.4 Å². The maximum absolute atomic E-state index is 12.6. The van der Waals surface area contributed by atoms with E-state index in [-0.39, 0.29) is 60.6 Å². The second kappa shape index (κ2) is 14.3. The molecule has 0 aromatic heterocycles. The molecule has 0 saturated carbocycles. The first kappa shape index (κ1) is 33.1. The first-order valence-electron chi connectivity index (χ1n) is 13.1. The van der Waals surface area contributed by atoms with Crippen LogP contribution < -0.4 is 15.2 Å². The topological polar surface area (TPSA) is 131 Å². The predicted molar refractivity (Wildman–Crippen MR) is 144 cm³/mol. The predicted octanol–water partition coefficient (Wildman–Crippen LogP) is 4.91. The fourth-order valence-corrected chi connectivity index (χ4v) is 3.58. The van der Waals surface area contributed by atoms with Gasteiger partial charge in [-0.05, 0) is 34.9 Å². The maximum Gasteiger partial charge on any atom is 0.326 e. The van der Waals surface area contributed by atoms with Gasteiger partial charge >= 0.3 is 23.9 Å². The van der Waals surface area contributed by atoms with E-state index in [1.54, 1.807) is 6.07 Å². The number of unbranched alkanes of at least 4 members (excludes halogenated alkanes) is 1. The van der Waals surface area contributed by atoms with Gasteiger partial charge in [-0.2, -0.15) is 0 Å². The van der Waals surface area contributed by atoms with Crippen LogP contribution in [0.3, 0.4) is 0 Å². The summed E-state index contributed by atoms with van der Waals surface area (Å²) in [4.78, 5) is 49.6. The molecule has 214 valence electrons. The third-order valence-corrected chi connectivity index (χ3v) is 5.46. The minimum atomic E-state index is -1.50.